The minimum absolute atomic E-state index is 0.0870. The summed E-state index contributed by atoms with van der Waals surface area (Å²) in [6.45, 7) is 0. The highest BCUT2D eigenvalue weighted by Gasteiger charge is 2.14. The van der Waals surface area contributed by atoms with Crippen molar-refractivity contribution in [2.24, 2.45) is 0 Å². The third kappa shape index (κ3) is 4.07. The standard InChI is InChI=1S/C17H12F3N5O/c18-11-6-7-12(16(20)15(11)19)22-13-8-9-14(25-24-13)23-17(26)21-10-4-2-1-3-5-10/h1-9H,(H,22,24)(H2,21,23,25,26). The van der Waals surface area contributed by atoms with Gasteiger partial charge in [-0.3, -0.25) is 5.32 Å². The van der Waals surface area contributed by atoms with E-state index in [2.05, 4.69) is 26.1 Å². The van der Waals surface area contributed by atoms with Crippen LogP contribution in [0.4, 0.5) is 41.0 Å². The van der Waals surface area contributed by atoms with E-state index in [0.717, 1.165) is 12.1 Å². The Morgan fingerprint density at radius 3 is 2.15 bits per heavy atom. The number of hydrogen-bond acceptors (Lipinski definition) is 4. The number of anilines is 4. The molecule has 0 radical (unpaired) electrons. The molecule has 26 heavy (non-hydrogen) atoms. The van der Waals surface area contributed by atoms with E-state index >= 15 is 0 Å². The highest BCUT2D eigenvalue weighted by molar-refractivity contribution is 5.99. The predicted molar refractivity (Wildman–Crippen MR) is 90.7 cm³/mol. The summed E-state index contributed by atoms with van der Waals surface area (Å²) in [6.07, 6.45) is 0. The number of aromatic nitrogens is 2. The second kappa shape index (κ2) is 7.51. The lowest BCUT2D eigenvalue weighted by atomic mass is 10.3. The van der Waals surface area contributed by atoms with Crippen molar-refractivity contribution < 1.29 is 18.0 Å². The first-order valence-corrected chi connectivity index (χ1v) is 7.40. The van der Waals surface area contributed by atoms with Crippen LogP contribution in [0.25, 0.3) is 0 Å². The minimum Gasteiger partial charge on any atom is -0.336 e. The van der Waals surface area contributed by atoms with Gasteiger partial charge in [-0.05, 0) is 36.4 Å². The van der Waals surface area contributed by atoms with Crippen molar-refractivity contribution in [2.75, 3.05) is 16.0 Å². The Kier molecular flexibility index (Phi) is 4.97. The van der Waals surface area contributed by atoms with Crippen LogP contribution in [0.5, 0.6) is 0 Å². The molecule has 2 amide bonds. The monoisotopic (exact) mass is 359 g/mol. The summed E-state index contributed by atoms with van der Waals surface area (Å²) in [6, 6.07) is 12.9. The first-order chi connectivity index (χ1) is 12.5. The van der Waals surface area contributed by atoms with E-state index in [0.29, 0.717) is 5.69 Å². The number of nitrogens with zero attached hydrogens (tertiary/aromatic N) is 2. The molecule has 0 fully saturated rings. The van der Waals surface area contributed by atoms with E-state index in [-0.39, 0.29) is 17.3 Å². The maximum atomic E-state index is 13.6. The smallest absolute Gasteiger partial charge is 0.324 e. The second-order valence-electron chi connectivity index (χ2n) is 5.10. The van der Waals surface area contributed by atoms with Crippen molar-refractivity contribution in [2.45, 2.75) is 0 Å². The van der Waals surface area contributed by atoms with E-state index in [4.69, 9.17) is 0 Å². The number of rotatable bonds is 4. The SMILES string of the molecule is O=C(Nc1ccccc1)Nc1ccc(Nc2ccc(F)c(F)c2F)nn1. The van der Waals surface area contributed by atoms with Gasteiger partial charge in [-0.2, -0.15) is 0 Å². The van der Waals surface area contributed by atoms with Gasteiger partial charge in [0.1, 0.15) is 0 Å². The van der Waals surface area contributed by atoms with Crippen LogP contribution in [-0.2, 0) is 0 Å². The van der Waals surface area contributed by atoms with Gasteiger partial charge in [0, 0.05) is 5.69 Å². The molecule has 0 saturated carbocycles. The number of benzene rings is 2. The van der Waals surface area contributed by atoms with Gasteiger partial charge < -0.3 is 10.6 Å². The summed E-state index contributed by atoms with van der Waals surface area (Å²) >= 11 is 0. The molecule has 0 aliphatic heterocycles. The number of carbonyl (C=O) groups excluding carboxylic acids is 1. The molecule has 1 heterocycles. The number of halogens is 3. The Balaban J connectivity index is 1.63. The lowest BCUT2D eigenvalue weighted by molar-refractivity contribution is 0.262. The fraction of sp³-hybridized carbons (Fsp3) is 0. The average Bonchev–Trinajstić information content (AvgIpc) is 2.64. The topological polar surface area (TPSA) is 78.9 Å². The van der Waals surface area contributed by atoms with Crippen LogP contribution in [0.1, 0.15) is 0 Å². The number of para-hydroxylation sites is 1. The number of nitrogens with one attached hydrogen (secondary N) is 3. The molecular formula is C17H12F3N5O. The molecule has 0 aliphatic rings. The predicted octanol–water partition coefficient (Wildman–Crippen LogP) is 4.28. The van der Waals surface area contributed by atoms with Gasteiger partial charge in [-0.15, -0.1) is 10.2 Å². The van der Waals surface area contributed by atoms with Crippen LogP contribution < -0.4 is 16.0 Å². The molecule has 132 valence electrons. The summed E-state index contributed by atoms with van der Waals surface area (Å²) in [5, 5.41) is 15.0. The highest BCUT2D eigenvalue weighted by atomic mass is 19.2. The molecule has 1 aromatic heterocycles. The van der Waals surface area contributed by atoms with Crippen LogP contribution in [0.2, 0.25) is 0 Å². The molecule has 0 atom stereocenters. The largest absolute Gasteiger partial charge is 0.336 e. The lowest BCUT2D eigenvalue weighted by Gasteiger charge is -2.09. The van der Waals surface area contributed by atoms with Gasteiger partial charge in [0.05, 0.1) is 5.69 Å². The highest BCUT2D eigenvalue weighted by Crippen LogP contribution is 2.22. The van der Waals surface area contributed by atoms with Gasteiger partial charge >= 0.3 is 6.03 Å². The third-order valence-corrected chi connectivity index (χ3v) is 3.24. The van der Waals surface area contributed by atoms with E-state index < -0.39 is 23.5 Å². The number of carbonyl (C=O) groups is 1. The third-order valence-electron chi connectivity index (χ3n) is 3.24. The van der Waals surface area contributed by atoms with Crippen molar-refractivity contribution >= 4 is 29.0 Å². The fourth-order valence-corrected chi connectivity index (χ4v) is 2.03. The normalized spacial score (nSPS) is 10.3. The quantitative estimate of drug-likeness (QED) is 0.608. The molecule has 9 heteroatoms. The van der Waals surface area contributed by atoms with Gasteiger partial charge in [-0.1, -0.05) is 18.2 Å². The van der Waals surface area contributed by atoms with E-state index in [9.17, 15) is 18.0 Å². The Morgan fingerprint density at radius 2 is 1.46 bits per heavy atom. The Hall–Kier alpha value is -3.62. The second-order valence-corrected chi connectivity index (χ2v) is 5.10. The summed E-state index contributed by atoms with van der Waals surface area (Å²) in [5.41, 5.74) is 0.311. The molecule has 2 aromatic carbocycles. The summed E-state index contributed by atoms with van der Waals surface area (Å²) in [7, 11) is 0. The van der Waals surface area contributed by atoms with Crippen LogP contribution in [0.3, 0.4) is 0 Å². The number of urea groups is 1. The summed E-state index contributed by atoms with van der Waals surface area (Å²) in [5.74, 6) is -4.00. The van der Waals surface area contributed by atoms with Gasteiger partial charge in [0.25, 0.3) is 0 Å². The maximum absolute atomic E-state index is 13.6. The summed E-state index contributed by atoms with van der Waals surface area (Å²) in [4.78, 5) is 11.8. The zero-order valence-corrected chi connectivity index (χ0v) is 13.1. The van der Waals surface area contributed by atoms with E-state index in [1.165, 1.54) is 12.1 Å². The molecule has 0 unspecified atom stereocenters. The van der Waals surface area contributed by atoms with Crippen LogP contribution in [-0.4, -0.2) is 16.2 Å². The van der Waals surface area contributed by atoms with Gasteiger partial charge in [0.15, 0.2) is 29.1 Å². The molecule has 0 aliphatic carbocycles. The van der Waals surface area contributed by atoms with Crippen LogP contribution >= 0.6 is 0 Å². The molecule has 0 bridgehead atoms. The van der Waals surface area contributed by atoms with Crippen molar-refractivity contribution in [3.8, 4) is 0 Å². The Bertz CT molecular complexity index is 920. The lowest BCUT2D eigenvalue weighted by Crippen LogP contribution is -2.20. The van der Waals surface area contributed by atoms with Crippen LogP contribution in [0.15, 0.2) is 54.6 Å². The average molecular weight is 359 g/mol. The van der Waals surface area contributed by atoms with Crippen LogP contribution in [0, 0.1) is 17.5 Å². The number of hydrogen-bond donors (Lipinski definition) is 3. The van der Waals surface area contributed by atoms with Gasteiger partial charge in [-0.25, -0.2) is 18.0 Å². The minimum atomic E-state index is -1.58. The molecule has 0 saturated heterocycles. The maximum Gasteiger partial charge on any atom is 0.324 e. The van der Waals surface area contributed by atoms with E-state index in [1.54, 1.807) is 24.3 Å². The Labute approximate surface area is 146 Å². The molecule has 0 spiro atoms. The zero-order chi connectivity index (χ0) is 18.5. The molecule has 6 nitrogen and oxygen atoms in total. The van der Waals surface area contributed by atoms with Crippen molar-refractivity contribution in [1.82, 2.24) is 10.2 Å². The number of amides is 2. The summed E-state index contributed by atoms with van der Waals surface area (Å²) < 4.78 is 39.7. The van der Waals surface area contributed by atoms with Crippen molar-refractivity contribution in [3.05, 3.63) is 72.0 Å². The zero-order valence-electron chi connectivity index (χ0n) is 13.1. The molecule has 3 rings (SSSR count). The molecule has 3 N–H and O–H groups in total. The Morgan fingerprint density at radius 1 is 0.769 bits per heavy atom. The van der Waals surface area contributed by atoms with Gasteiger partial charge in [0.2, 0.25) is 0 Å². The van der Waals surface area contributed by atoms with E-state index in [1.807, 2.05) is 6.07 Å². The first kappa shape index (κ1) is 17.2. The van der Waals surface area contributed by atoms with Crippen molar-refractivity contribution in [3.63, 3.8) is 0 Å². The fourth-order valence-electron chi connectivity index (χ4n) is 2.03. The first-order valence-electron chi connectivity index (χ1n) is 7.40. The molecule has 3 aromatic rings. The van der Waals surface area contributed by atoms with Crippen molar-refractivity contribution in [1.29, 1.82) is 0 Å². The molecular weight excluding hydrogens is 347 g/mol.